The highest BCUT2D eigenvalue weighted by molar-refractivity contribution is 7.92. The van der Waals surface area contributed by atoms with E-state index in [0.29, 0.717) is 0 Å². The molecule has 0 bridgehead atoms. The number of hydrogen-bond acceptors (Lipinski definition) is 5. The standard InChI is InChI=1S/C18H22N2O5S/c1-3-18(17(22)19-23,26(2,24)25)10-12-20-11-9-15(13-16(20)21)14-7-5-4-6-8-14/h4-9,11,13,23H,3,10,12H2,1-2H3,(H,19,22). The summed E-state index contributed by atoms with van der Waals surface area (Å²) in [5.74, 6) is -0.989. The third-order valence-corrected chi connectivity index (χ3v) is 6.75. The Balaban J connectivity index is 2.30. The number of benzene rings is 1. The molecular formula is C18H22N2O5S. The second kappa shape index (κ2) is 7.84. The van der Waals surface area contributed by atoms with Gasteiger partial charge in [-0.1, -0.05) is 37.3 Å². The van der Waals surface area contributed by atoms with Gasteiger partial charge in [-0.2, -0.15) is 0 Å². The van der Waals surface area contributed by atoms with E-state index in [1.807, 2.05) is 30.3 Å². The molecule has 0 aliphatic heterocycles. The highest BCUT2D eigenvalue weighted by atomic mass is 32.2. The number of aryl methyl sites for hydroxylation is 1. The van der Waals surface area contributed by atoms with Crippen LogP contribution in [0, 0.1) is 0 Å². The lowest BCUT2D eigenvalue weighted by Gasteiger charge is -2.28. The Morgan fingerprint density at radius 1 is 1.19 bits per heavy atom. The topological polar surface area (TPSA) is 105 Å². The number of pyridine rings is 1. The molecule has 0 saturated heterocycles. The van der Waals surface area contributed by atoms with E-state index in [1.165, 1.54) is 16.1 Å². The number of aromatic nitrogens is 1. The summed E-state index contributed by atoms with van der Waals surface area (Å²) in [6, 6.07) is 12.6. The van der Waals surface area contributed by atoms with Crippen molar-refractivity contribution < 1.29 is 18.4 Å². The van der Waals surface area contributed by atoms with Crippen molar-refractivity contribution in [3.05, 3.63) is 59.0 Å². The first-order valence-electron chi connectivity index (χ1n) is 8.15. The number of carbonyl (C=O) groups is 1. The van der Waals surface area contributed by atoms with Crippen LogP contribution in [0.4, 0.5) is 0 Å². The number of hydroxylamine groups is 1. The van der Waals surface area contributed by atoms with Crippen LogP contribution in [0.15, 0.2) is 53.5 Å². The highest BCUT2D eigenvalue weighted by Crippen LogP contribution is 2.27. The van der Waals surface area contributed by atoms with Gasteiger partial charge < -0.3 is 4.57 Å². The number of carbonyl (C=O) groups excluding carboxylic acids is 1. The normalized spacial score (nSPS) is 13.8. The zero-order valence-corrected chi connectivity index (χ0v) is 15.5. The van der Waals surface area contributed by atoms with Crippen LogP contribution >= 0.6 is 0 Å². The molecule has 1 unspecified atom stereocenters. The lowest BCUT2D eigenvalue weighted by Crippen LogP contribution is -2.51. The van der Waals surface area contributed by atoms with Crippen molar-refractivity contribution in [3.63, 3.8) is 0 Å². The second-order valence-electron chi connectivity index (χ2n) is 6.12. The van der Waals surface area contributed by atoms with Gasteiger partial charge in [-0.15, -0.1) is 0 Å². The van der Waals surface area contributed by atoms with E-state index in [1.54, 1.807) is 19.2 Å². The van der Waals surface area contributed by atoms with Gasteiger partial charge in [-0.3, -0.25) is 14.8 Å². The first kappa shape index (κ1) is 19.9. The molecule has 0 radical (unpaired) electrons. The predicted octanol–water partition coefficient (Wildman–Crippen LogP) is 1.60. The zero-order chi connectivity index (χ0) is 19.4. The summed E-state index contributed by atoms with van der Waals surface area (Å²) in [6.07, 6.45) is 2.38. The Morgan fingerprint density at radius 2 is 1.85 bits per heavy atom. The van der Waals surface area contributed by atoms with E-state index in [2.05, 4.69) is 0 Å². The second-order valence-corrected chi connectivity index (χ2v) is 8.45. The van der Waals surface area contributed by atoms with Crippen LogP contribution in [0.5, 0.6) is 0 Å². The maximum Gasteiger partial charge on any atom is 0.264 e. The van der Waals surface area contributed by atoms with Crippen molar-refractivity contribution in [1.82, 2.24) is 10.0 Å². The molecule has 0 saturated carbocycles. The zero-order valence-electron chi connectivity index (χ0n) is 14.7. The van der Waals surface area contributed by atoms with Gasteiger partial charge in [0.1, 0.15) is 0 Å². The van der Waals surface area contributed by atoms with Gasteiger partial charge in [0.15, 0.2) is 14.6 Å². The molecule has 140 valence electrons. The van der Waals surface area contributed by atoms with Crippen LogP contribution in [0.2, 0.25) is 0 Å². The largest absolute Gasteiger partial charge is 0.315 e. The quantitative estimate of drug-likeness (QED) is 0.562. The maximum absolute atomic E-state index is 12.4. The molecule has 2 aromatic rings. The van der Waals surface area contributed by atoms with Crippen molar-refractivity contribution in [2.75, 3.05) is 6.26 Å². The number of sulfone groups is 1. The molecule has 0 spiro atoms. The van der Waals surface area contributed by atoms with Crippen LogP contribution in [-0.2, 0) is 21.2 Å². The molecule has 2 N–H and O–H groups in total. The summed E-state index contributed by atoms with van der Waals surface area (Å²) < 4.78 is 23.9. The lowest BCUT2D eigenvalue weighted by molar-refractivity contribution is -0.132. The third-order valence-electron chi connectivity index (χ3n) is 4.66. The van der Waals surface area contributed by atoms with Gasteiger partial charge in [0.25, 0.3) is 11.5 Å². The first-order chi connectivity index (χ1) is 12.2. The molecular weight excluding hydrogens is 356 g/mol. The van der Waals surface area contributed by atoms with Crippen LogP contribution in [0.3, 0.4) is 0 Å². The fourth-order valence-corrected chi connectivity index (χ4v) is 4.34. The third kappa shape index (κ3) is 3.86. The number of nitrogens with one attached hydrogen (secondary N) is 1. The molecule has 1 aromatic heterocycles. The molecule has 1 aromatic carbocycles. The Labute approximate surface area is 152 Å². The summed E-state index contributed by atoms with van der Waals surface area (Å²) in [7, 11) is -3.81. The summed E-state index contributed by atoms with van der Waals surface area (Å²) in [5.41, 5.74) is 2.80. The van der Waals surface area contributed by atoms with Crippen molar-refractivity contribution in [3.8, 4) is 11.1 Å². The Morgan fingerprint density at radius 3 is 2.35 bits per heavy atom. The van der Waals surface area contributed by atoms with Gasteiger partial charge >= 0.3 is 0 Å². The van der Waals surface area contributed by atoms with Gasteiger partial charge in [-0.05, 0) is 30.0 Å². The van der Waals surface area contributed by atoms with E-state index in [0.717, 1.165) is 17.4 Å². The molecule has 2 rings (SSSR count). The minimum absolute atomic E-state index is 0.0188. The van der Waals surface area contributed by atoms with E-state index < -0.39 is 20.5 Å². The molecule has 8 heteroatoms. The lowest BCUT2D eigenvalue weighted by atomic mass is 10.00. The molecule has 0 fully saturated rings. The van der Waals surface area contributed by atoms with Crippen LogP contribution < -0.4 is 11.0 Å². The van der Waals surface area contributed by atoms with E-state index in [9.17, 15) is 18.0 Å². The van der Waals surface area contributed by atoms with Crippen molar-refractivity contribution in [1.29, 1.82) is 0 Å². The predicted molar refractivity (Wildman–Crippen MR) is 98.6 cm³/mol. The van der Waals surface area contributed by atoms with Crippen LogP contribution in [-0.4, -0.2) is 35.1 Å². The highest BCUT2D eigenvalue weighted by Gasteiger charge is 2.46. The molecule has 0 aliphatic rings. The molecule has 0 aliphatic carbocycles. The summed E-state index contributed by atoms with van der Waals surface area (Å²) in [5, 5.41) is 8.95. The van der Waals surface area contributed by atoms with Gasteiger partial charge in [-0.25, -0.2) is 13.9 Å². The van der Waals surface area contributed by atoms with Crippen molar-refractivity contribution in [2.45, 2.75) is 31.1 Å². The molecule has 1 heterocycles. The number of nitrogens with zero attached hydrogens (tertiary/aromatic N) is 1. The molecule has 26 heavy (non-hydrogen) atoms. The van der Waals surface area contributed by atoms with Crippen molar-refractivity contribution >= 4 is 15.7 Å². The van der Waals surface area contributed by atoms with Crippen LogP contribution in [0.25, 0.3) is 11.1 Å². The van der Waals surface area contributed by atoms with E-state index >= 15 is 0 Å². The average molecular weight is 378 g/mol. The number of amides is 1. The maximum atomic E-state index is 12.4. The Hall–Kier alpha value is -2.45. The Bertz CT molecular complexity index is 938. The summed E-state index contributed by atoms with van der Waals surface area (Å²) in [6.45, 7) is 1.58. The van der Waals surface area contributed by atoms with Crippen LogP contribution in [0.1, 0.15) is 19.8 Å². The monoisotopic (exact) mass is 378 g/mol. The smallest absolute Gasteiger partial charge is 0.264 e. The number of hydrogen-bond donors (Lipinski definition) is 2. The minimum Gasteiger partial charge on any atom is -0.315 e. The van der Waals surface area contributed by atoms with Gasteiger partial charge in [0, 0.05) is 25.1 Å². The number of rotatable bonds is 7. The van der Waals surface area contributed by atoms with Gasteiger partial charge in [0.2, 0.25) is 0 Å². The average Bonchev–Trinajstić information content (AvgIpc) is 2.62. The molecule has 7 nitrogen and oxygen atoms in total. The van der Waals surface area contributed by atoms with E-state index in [4.69, 9.17) is 5.21 Å². The summed E-state index contributed by atoms with van der Waals surface area (Å²) in [4.78, 5) is 24.4. The fraction of sp³-hybridized carbons (Fsp3) is 0.333. The molecule has 1 amide bonds. The molecule has 1 atom stereocenters. The van der Waals surface area contributed by atoms with E-state index in [-0.39, 0.29) is 24.9 Å². The minimum atomic E-state index is -3.81. The SMILES string of the molecule is CCC(CCn1ccc(-c2ccccc2)cc1=O)(C(=O)NO)S(C)(=O)=O. The first-order valence-corrected chi connectivity index (χ1v) is 10.0. The van der Waals surface area contributed by atoms with Gasteiger partial charge in [0.05, 0.1) is 0 Å². The van der Waals surface area contributed by atoms with Crippen molar-refractivity contribution in [2.24, 2.45) is 0 Å². The Kier molecular flexibility index (Phi) is 5.99. The fourth-order valence-electron chi connectivity index (χ4n) is 2.97. The summed E-state index contributed by atoms with van der Waals surface area (Å²) >= 11 is 0.